The Morgan fingerprint density at radius 2 is 2.12 bits per heavy atom. The number of rotatable bonds is 7. The molecule has 0 spiro atoms. The fraction of sp³-hybridized carbons (Fsp3) is 0.304. The molecule has 3 atom stereocenters. The van der Waals surface area contributed by atoms with Gasteiger partial charge >= 0.3 is 0 Å². The molecule has 0 aromatic heterocycles. The maximum Gasteiger partial charge on any atom is 0.0483 e. The SMILES string of the molecule is C=C/C=C(/NC(C)c1cccc(SC)c1)C1C=CC=C(C(=C)C)C1C. The first-order chi connectivity index (χ1) is 12.0. The van der Waals surface area contributed by atoms with Gasteiger partial charge in [-0.2, -0.15) is 0 Å². The minimum absolute atomic E-state index is 0.234. The lowest BCUT2D eigenvalue weighted by Crippen LogP contribution is -2.28. The first-order valence-corrected chi connectivity index (χ1v) is 9.97. The summed E-state index contributed by atoms with van der Waals surface area (Å²) in [6, 6.07) is 8.95. The lowest BCUT2D eigenvalue weighted by Gasteiger charge is -2.31. The highest BCUT2D eigenvalue weighted by Crippen LogP contribution is 2.34. The van der Waals surface area contributed by atoms with E-state index in [1.54, 1.807) is 11.8 Å². The van der Waals surface area contributed by atoms with Crippen LogP contribution in [0.5, 0.6) is 0 Å². The number of hydrogen-bond acceptors (Lipinski definition) is 2. The normalized spacial score (nSPS) is 21.4. The standard InChI is InChI=1S/C23H29NS/c1-7-10-23(22-14-9-13-21(16(2)3)17(22)4)24-18(5)19-11-8-12-20(15-19)25-6/h7-15,17-18,22,24H,1-2H2,3-6H3/b23-10+. The van der Waals surface area contributed by atoms with Crippen LogP contribution in [0.25, 0.3) is 0 Å². The van der Waals surface area contributed by atoms with Crippen molar-refractivity contribution < 1.29 is 0 Å². The molecule has 1 aromatic carbocycles. The van der Waals surface area contributed by atoms with Crippen molar-refractivity contribution in [2.75, 3.05) is 6.26 Å². The summed E-state index contributed by atoms with van der Waals surface area (Å²) in [7, 11) is 0. The van der Waals surface area contributed by atoms with Crippen LogP contribution in [-0.4, -0.2) is 6.26 Å². The molecule has 0 fully saturated rings. The Morgan fingerprint density at radius 3 is 2.76 bits per heavy atom. The Bertz CT molecular complexity index is 723. The van der Waals surface area contributed by atoms with E-state index in [9.17, 15) is 0 Å². The summed E-state index contributed by atoms with van der Waals surface area (Å²) in [5.74, 6) is 0.701. The molecule has 0 bridgehead atoms. The minimum Gasteiger partial charge on any atom is -0.381 e. The van der Waals surface area contributed by atoms with Crippen LogP contribution in [0.1, 0.15) is 32.4 Å². The van der Waals surface area contributed by atoms with Gasteiger partial charge < -0.3 is 5.32 Å². The summed E-state index contributed by atoms with van der Waals surface area (Å²) < 4.78 is 0. The Kier molecular flexibility index (Phi) is 6.95. The molecule has 2 heteroatoms. The predicted molar refractivity (Wildman–Crippen MR) is 113 cm³/mol. The fourth-order valence-corrected chi connectivity index (χ4v) is 3.79. The van der Waals surface area contributed by atoms with Gasteiger partial charge in [0, 0.05) is 22.6 Å². The quantitative estimate of drug-likeness (QED) is 0.447. The number of allylic oxidation sites excluding steroid dienone is 7. The summed E-state index contributed by atoms with van der Waals surface area (Å²) in [5, 5.41) is 3.72. The molecule has 0 saturated heterocycles. The smallest absolute Gasteiger partial charge is 0.0483 e. The van der Waals surface area contributed by atoms with Gasteiger partial charge in [0.05, 0.1) is 0 Å². The van der Waals surface area contributed by atoms with Gasteiger partial charge in [-0.3, -0.25) is 0 Å². The van der Waals surface area contributed by atoms with Gasteiger partial charge in [0.25, 0.3) is 0 Å². The van der Waals surface area contributed by atoms with Crippen LogP contribution < -0.4 is 5.32 Å². The highest BCUT2D eigenvalue weighted by molar-refractivity contribution is 7.98. The van der Waals surface area contributed by atoms with E-state index in [0.29, 0.717) is 11.8 Å². The zero-order valence-corrected chi connectivity index (χ0v) is 16.6. The molecule has 2 rings (SSSR count). The Morgan fingerprint density at radius 1 is 1.36 bits per heavy atom. The molecule has 25 heavy (non-hydrogen) atoms. The van der Waals surface area contributed by atoms with Crippen molar-refractivity contribution >= 4 is 11.8 Å². The summed E-state index contributed by atoms with van der Waals surface area (Å²) in [6.07, 6.45) is 12.7. The van der Waals surface area contributed by atoms with Crippen molar-refractivity contribution in [2.45, 2.75) is 31.7 Å². The largest absolute Gasteiger partial charge is 0.381 e. The van der Waals surface area contributed by atoms with Crippen LogP contribution in [0.2, 0.25) is 0 Å². The summed E-state index contributed by atoms with van der Waals surface area (Å²) in [5.41, 5.74) is 4.96. The molecule has 1 aromatic rings. The lowest BCUT2D eigenvalue weighted by atomic mass is 9.79. The van der Waals surface area contributed by atoms with Crippen LogP contribution >= 0.6 is 11.8 Å². The van der Waals surface area contributed by atoms with E-state index in [-0.39, 0.29) is 6.04 Å². The molecule has 1 N–H and O–H groups in total. The van der Waals surface area contributed by atoms with Crippen LogP contribution in [0, 0.1) is 11.8 Å². The van der Waals surface area contributed by atoms with E-state index in [2.05, 4.69) is 94.1 Å². The van der Waals surface area contributed by atoms with Crippen molar-refractivity contribution in [3.8, 4) is 0 Å². The fourth-order valence-electron chi connectivity index (χ4n) is 3.32. The Hall–Kier alpha value is -1.93. The summed E-state index contributed by atoms with van der Waals surface area (Å²) in [6.45, 7) is 14.6. The molecular formula is C23H29NS. The number of nitrogens with one attached hydrogen (secondary N) is 1. The second kappa shape index (κ2) is 8.96. The van der Waals surface area contributed by atoms with E-state index in [1.165, 1.54) is 21.7 Å². The van der Waals surface area contributed by atoms with Gasteiger partial charge in [-0.05, 0) is 55.4 Å². The topological polar surface area (TPSA) is 12.0 Å². The maximum absolute atomic E-state index is 4.13. The van der Waals surface area contributed by atoms with Gasteiger partial charge in [0.2, 0.25) is 0 Å². The van der Waals surface area contributed by atoms with E-state index in [0.717, 1.165) is 5.57 Å². The first kappa shape index (κ1) is 19.4. The molecule has 3 unspecified atom stereocenters. The predicted octanol–water partition coefficient (Wildman–Crippen LogP) is 6.45. The molecule has 1 aliphatic rings. The van der Waals surface area contributed by atoms with Gasteiger partial charge in [-0.15, -0.1) is 11.8 Å². The lowest BCUT2D eigenvalue weighted by molar-refractivity contribution is 0.491. The number of thioether (sulfide) groups is 1. The van der Waals surface area contributed by atoms with E-state index < -0.39 is 0 Å². The minimum atomic E-state index is 0.234. The Labute approximate surface area is 157 Å². The third kappa shape index (κ3) is 4.79. The summed E-state index contributed by atoms with van der Waals surface area (Å²) >= 11 is 1.77. The second-order valence-electron chi connectivity index (χ2n) is 6.60. The molecule has 132 valence electrons. The van der Waals surface area contributed by atoms with E-state index >= 15 is 0 Å². The average Bonchev–Trinajstić information content (AvgIpc) is 2.61. The van der Waals surface area contributed by atoms with Crippen molar-refractivity contribution in [1.29, 1.82) is 0 Å². The molecule has 0 heterocycles. The van der Waals surface area contributed by atoms with Crippen LogP contribution in [0.3, 0.4) is 0 Å². The number of benzene rings is 1. The molecule has 1 nitrogen and oxygen atoms in total. The maximum atomic E-state index is 4.13. The zero-order valence-electron chi connectivity index (χ0n) is 15.8. The molecule has 1 aliphatic carbocycles. The van der Waals surface area contributed by atoms with Gasteiger partial charge in [0.15, 0.2) is 0 Å². The molecular weight excluding hydrogens is 322 g/mol. The van der Waals surface area contributed by atoms with Crippen molar-refractivity contribution in [2.24, 2.45) is 11.8 Å². The van der Waals surface area contributed by atoms with Crippen LogP contribution in [-0.2, 0) is 0 Å². The third-order valence-corrected chi connectivity index (χ3v) is 5.48. The first-order valence-electron chi connectivity index (χ1n) is 8.75. The van der Waals surface area contributed by atoms with Crippen molar-refractivity contribution in [3.63, 3.8) is 0 Å². The van der Waals surface area contributed by atoms with E-state index in [1.807, 2.05) is 6.08 Å². The molecule has 0 radical (unpaired) electrons. The second-order valence-corrected chi connectivity index (χ2v) is 7.48. The highest BCUT2D eigenvalue weighted by Gasteiger charge is 2.25. The highest BCUT2D eigenvalue weighted by atomic mass is 32.2. The average molecular weight is 352 g/mol. The van der Waals surface area contributed by atoms with Crippen LogP contribution in [0.15, 0.2) is 89.5 Å². The molecule has 0 saturated carbocycles. The van der Waals surface area contributed by atoms with Gasteiger partial charge in [0.1, 0.15) is 0 Å². The summed E-state index contributed by atoms with van der Waals surface area (Å²) in [4.78, 5) is 1.29. The van der Waals surface area contributed by atoms with Crippen LogP contribution in [0.4, 0.5) is 0 Å². The van der Waals surface area contributed by atoms with Crippen molar-refractivity contribution in [3.05, 3.63) is 90.2 Å². The van der Waals surface area contributed by atoms with Gasteiger partial charge in [-0.1, -0.05) is 62.1 Å². The third-order valence-electron chi connectivity index (χ3n) is 4.75. The molecule has 0 amide bonds. The molecule has 0 aliphatic heterocycles. The Balaban J connectivity index is 2.23. The van der Waals surface area contributed by atoms with Crippen molar-refractivity contribution in [1.82, 2.24) is 5.32 Å². The van der Waals surface area contributed by atoms with E-state index in [4.69, 9.17) is 0 Å². The monoisotopic (exact) mass is 351 g/mol. The number of hydrogen-bond donors (Lipinski definition) is 1. The van der Waals surface area contributed by atoms with Gasteiger partial charge in [-0.25, -0.2) is 0 Å². The zero-order chi connectivity index (χ0) is 18.4.